The van der Waals surface area contributed by atoms with Gasteiger partial charge in [0.15, 0.2) is 0 Å². The number of sulfone groups is 1. The fraction of sp³-hybridized carbons (Fsp3) is 1.00. The van der Waals surface area contributed by atoms with Crippen LogP contribution < -0.4 is 5.32 Å². The van der Waals surface area contributed by atoms with Crippen LogP contribution in [0, 0.1) is 5.92 Å². The van der Waals surface area contributed by atoms with Crippen LogP contribution in [0.1, 0.15) is 32.6 Å². The van der Waals surface area contributed by atoms with Gasteiger partial charge in [-0.1, -0.05) is 13.3 Å². The molecule has 0 heterocycles. The Labute approximate surface area is 87.2 Å². The van der Waals surface area contributed by atoms with Gasteiger partial charge in [0.1, 0.15) is 9.84 Å². The monoisotopic (exact) mass is 219 g/mol. The van der Waals surface area contributed by atoms with Crippen molar-refractivity contribution in [3.8, 4) is 0 Å². The third-order valence-electron chi connectivity index (χ3n) is 2.91. The first-order chi connectivity index (χ1) is 6.64. The lowest BCUT2D eigenvalue weighted by molar-refractivity contribution is 0.302. The highest BCUT2D eigenvalue weighted by Crippen LogP contribution is 2.24. The molecule has 14 heavy (non-hydrogen) atoms. The van der Waals surface area contributed by atoms with Crippen molar-refractivity contribution in [2.75, 3.05) is 24.6 Å². The Morgan fingerprint density at radius 1 is 1.36 bits per heavy atom. The Morgan fingerprint density at radius 3 is 2.57 bits per heavy atom. The summed E-state index contributed by atoms with van der Waals surface area (Å²) in [5.74, 6) is 1.47. The molecule has 1 fully saturated rings. The average molecular weight is 219 g/mol. The Bertz CT molecular complexity index is 245. The van der Waals surface area contributed by atoms with Crippen molar-refractivity contribution in [2.45, 2.75) is 32.6 Å². The van der Waals surface area contributed by atoms with Crippen LogP contribution in [0.5, 0.6) is 0 Å². The predicted molar refractivity (Wildman–Crippen MR) is 59.2 cm³/mol. The lowest BCUT2D eigenvalue weighted by Crippen LogP contribution is -2.28. The summed E-state index contributed by atoms with van der Waals surface area (Å²) in [6.07, 6.45) is 4.82. The van der Waals surface area contributed by atoms with E-state index in [1.165, 1.54) is 19.3 Å². The molecule has 0 aliphatic heterocycles. The second kappa shape index (κ2) is 5.71. The molecule has 3 nitrogen and oxygen atoms in total. The van der Waals surface area contributed by atoms with Gasteiger partial charge >= 0.3 is 0 Å². The van der Waals surface area contributed by atoms with E-state index >= 15 is 0 Å². The van der Waals surface area contributed by atoms with E-state index in [1.54, 1.807) is 6.92 Å². The minimum absolute atomic E-state index is 0.273. The van der Waals surface area contributed by atoms with Crippen molar-refractivity contribution >= 4 is 9.84 Å². The van der Waals surface area contributed by atoms with Gasteiger partial charge in [0.05, 0.1) is 5.75 Å². The first kappa shape index (κ1) is 12.0. The maximum absolute atomic E-state index is 11.1. The normalized spacial score (nSPS) is 18.1. The van der Waals surface area contributed by atoms with E-state index in [9.17, 15) is 8.42 Å². The first-order valence-corrected chi connectivity index (χ1v) is 7.37. The van der Waals surface area contributed by atoms with E-state index in [4.69, 9.17) is 0 Å². The van der Waals surface area contributed by atoms with Crippen molar-refractivity contribution in [1.29, 1.82) is 0 Å². The van der Waals surface area contributed by atoms with Gasteiger partial charge in [-0.2, -0.15) is 0 Å². The molecular formula is C10H21NO2S. The first-order valence-electron chi connectivity index (χ1n) is 5.55. The summed E-state index contributed by atoms with van der Waals surface area (Å²) in [4.78, 5) is 0. The second-order valence-electron chi connectivity index (χ2n) is 4.09. The molecule has 0 aromatic carbocycles. The maximum Gasteiger partial charge on any atom is 0.150 e. The minimum Gasteiger partial charge on any atom is -0.316 e. The third kappa shape index (κ3) is 4.42. The Hall–Kier alpha value is -0.0900. The summed E-state index contributed by atoms with van der Waals surface area (Å²) in [6, 6.07) is 0. The number of hydrogen-bond donors (Lipinski definition) is 1. The standard InChI is InChI=1S/C10H21NO2S/c1-2-14(12,13)8-4-7-11-9-10-5-3-6-10/h10-11H,2-9H2,1H3. The zero-order valence-electron chi connectivity index (χ0n) is 8.96. The van der Waals surface area contributed by atoms with Crippen molar-refractivity contribution < 1.29 is 8.42 Å². The van der Waals surface area contributed by atoms with Crippen molar-refractivity contribution in [1.82, 2.24) is 5.32 Å². The molecule has 0 aromatic heterocycles. The van der Waals surface area contributed by atoms with Crippen LogP contribution in [0.25, 0.3) is 0 Å². The highest BCUT2D eigenvalue weighted by atomic mass is 32.2. The van der Waals surface area contributed by atoms with Crippen molar-refractivity contribution in [2.24, 2.45) is 5.92 Å². The summed E-state index contributed by atoms with van der Waals surface area (Å²) in [5.41, 5.74) is 0. The fourth-order valence-electron chi connectivity index (χ4n) is 1.56. The zero-order chi connectivity index (χ0) is 10.4. The van der Waals surface area contributed by atoms with Crippen LogP contribution in [-0.2, 0) is 9.84 Å². The van der Waals surface area contributed by atoms with Crippen molar-refractivity contribution in [3.05, 3.63) is 0 Å². The third-order valence-corrected chi connectivity index (χ3v) is 4.70. The quantitative estimate of drug-likeness (QED) is 0.654. The van der Waals surface area contributed by atoms with Gasteiger partial charge in [0.2, 0.25) is 0 Å². The van der Waals surface area contributed by atoms with Crippen LogP contribution in [0.4, 0.5) is 0 Å². The van der Waals surface area contributed by atoms with Gasteiger partial charge in [-0.05, 0) is 38.3 Å². The second-order valence-corrected chi connectivity index (χ2v) is 6.56. The van der Waals surface area contributed by atoms with Gasteiger partial charge in [-0.3, -0.25) is 0 Å². The smallest absolute Gasteiger partial charge is 0.150 e. The molecule has 1 aliphatic rings. The molecule has 1 saturated carbocycles. The molecular weight excluding hydrogens is 198 g/mol. The Kier molecular flexibility index (Phi) is 4.89. The molecule has 0 radical (unpaired) electrons. The molecule has 0 bridgehead atoms. The lowest BCUT2D eigenvalue weighted by Gasteiger charge is -2.25. The molecule has 0 amide bonds. The van der Waals surface area contributed by atoms with E-state index in [1.807, 2.05) is 0 Å². The molecule has 0 aromatic rings. The van der Waals surface area contributed by atoms with Gasteiger partial charge in [0, 0.05) is 5.75 Å². The van der Waals surface area contributed by atoms with Gasteiger partial charge < -0.3 is 5.32 Å². The molecule has 1 rings (SSSR count). The highest BCUT2D eigenvalue weighted by molar-refractivity contribution is 7.91. The van der Waals surface area contributed by atoms with Crippen LogP contribution in [0.3, 0.4) is 0 Å². The van der Waals surface area contributed by atoms with E-state index in [-0.39, 0.29) is 5.75 Å². The number of hydrogen-bond acceptors (Lipinski definition) is 3. The van der Waals surface area contributed by atoms with Crippen molar-refractivity contribution in [3.63, 3.8) is 0 Å². The largest absolute Gasteiger partial charge is 0.316 e. The van der Waals surface area contributed by atoms with Crippen LogP contribution in [0.2, 0.25) is 0 Å². The SMILES string of the molecule is CCS(=O)(=O)CCCNCC1CCC1. The van der Waals surface area contributed by atoms with Crippen LogP contribution >= 0.6 is 0 Å². The summed E-state index contributed by atoms with van der Waals surface area (Å²) in [6.45, 7) is 3.62. The molecule has 1 aliphatic carbocycles. The fourth-order valence-corrected chi connectivity index (χ4v) is 2.44. The molecule has 0 unspecified atom stereocenters. The van der Waals surface area contributed by atoms with E-state index < -0.39 is 9.84 Å². The van der Waals surface area contributed by atoms with Gasteiger partial charge in [-0.25, -0.2) is 8.42 Å². The van der Waals surface area contributed by atoms with E-state index in [0.717, 1.165) is 25.4 Å². The van der Waals surface area contributed by atoms with E-state index in [2.05, 4.69) is 5.32 Å². The molecule has 0 atom stereocenters. The topological polar surface area (TPSA) is 46.2 Å². The summed E-state index contributed by atoms with van der Waals surface area (Å²) in [5, 5.41) is 3.32. The molecule has 4 heteroatoms. The molecule has 0 spiro atoms. The Balaban J connectivity index is 1.93. The van der Waals surface area contributed by atoms with Crippen LogP contribution in [0.15, 0.2) is 0 Å². The minimum atomic E-state index is -2.75. The Morgan fingerprint density at radius 2 is 2.07 bits per heavy atom. The number of rotatable bonds is 7. The lowest BCUT2D eigenvalue weighted by atomic mass is 9.85. The molecule has 0 saturated heterocycles. The summed E-state index contributed by atoms with van der Waals surface area (Å²) in [7, 11) is -2.75. The maximum atomic E-state index is 11.1. The van der Waals surface area contributed by atoms with Gasteiger partial charge in [-0.15, -0.1) is 0 Å². The molecule has 84 valence electrons. The predicted octanol–water partition coefficient (Wildman–Crippen LogP) is 1.20. The highest BCUT2D eigenvalue weighted by Gasteiger charge is 2.16. The number of nitrogens with one attached hydrogen (secondary N) is 1. The molecule has 1 N–H and O–H groups in total. The zero-order valence-corrected chi connectivity index (χ0v) is 9.78. The van der Waals surface area contributed by atoms with E-state index in [0.29, 0.717) is 5.75 Å². The van der Waals surface area contributed by atoms with Gasteiger partial charge in [0.25, 0.3) is 0 Å². The average Bonchev–Trinajstić information content (AvgIpc) is 2.08. The summed E-state index contributed by atoms with van der Waals surface area (Å²) < 4.78 is 22.3. The van der Waals surface area contributed by atoms with Crippen LogP contribution in [-0.4, -0.2) is 33.0 Å². The summed E-state index contributed by atoms with van der Waals surface area (Å²) >= 11 is 0.